The first-order valence-electron chi connectivity index (χ1n) is 23.4. The Hall–Kier alpha value is -5.89. The van der Waals surface area contributed by atoms with Crippen LogP contribution in [0.2, 0.25) is 0 Å². The number of nitrogens with one attached hydrogen (secondary N) is 4. The first kappa shape index (κ1) is 48.6. The summed E-state index contributed by atoms with van der Waals surface area (Å²) >= 11 is 1.75. The van der Waals surface area contributed by atoms with Gasteiger partial charge in [0.05, 0.1) is 60.2 Å². The van der Waals surface area contributed by atoms with Gasteiger partial charge in [-0.3, -0.25) is 0 Å². The number of alkyl halides is 4. The molecule has 16 heteroatoms. The Morgan fingerprint density at radius 2 is 1.88 bits per heavy atom. The van der Waals surface area contributed by atoms with Gasteiger partial charge in [0.25, 0.3) is 0 Å². The Kier molecular flexibility index (Phi) is 16.4. The van der Waals surface area contributed by atoms with Crippen molar-refractivity contribution >= 4 is 34.2 Å². The zero-order chi connectivity index (χ0) is 47.5. The number of aryl methyl sites for hydroxylation is 2. The van der Waals surface area contributed by atoms with Crippen LogP contribution in [0.5, 0.6) is 5.75 Å². The van der Waals surface area contributed by atoms with Crippen LogP contribution in [-0.4, -0.2) is 103 Å². The summed E-state index contributed by atoms with van der Waals surface area (Å²) in [5.41, 5.74) is 9.70. The van der Waals surface area contributed by atoms with Gasteiger partial charge >= 0.3 is 6.18 Å². The number of aromatic nitrogens is 3. The van der Waals surface area contributed by atoms with E-state index in [9.17, 15) is 17.6 Å². The maximum atomic E-state index is 14.6. The predicted octanol–water partition coefficient (Wildman–Crippen LogP) is 10.2. The minimum atomic E-state index is -4.41. The summed E-state index contributed by atoms with van der Waals surface area (Å²) in [4.78, 5) is 7.02. The number of ether oxygens (including phenoxy) is 2. The molecule has 0 spiro atoms. The number of benzene rings is 3. The lowest BCUT2D eigenvalue weighted by Crippen LogP contribution is -2.49. The van der Waals surface area contributed by atoms with E-state index in [-0.39, 0.29) is 13.1 Å². The monoisotopic (exact) mass is 952 g/mol. The standard InChI is InChI=1S/C52H60F4N8O3S/c1-35-51(36(2)67-62-35)38-16-18-46-49(28-38)63(34-60-46)32-37-11-8-12-39(27-37)58-21-4-5-24-66-25-6-7-26-68-41-17-19-47(50(30-41)65-3)59-22-10-13-40-29-42-44(61-45-20-23-57-31-43(45)53)14-9-15-48(42)64(40)33-52(54,55)56/h8-9,11-12,14,16-19,27-30,34,43,45,48,57-59,61H,4-7,15,20-26,31-33H2,1-3H3. The van der Waals surface area contributed by atoms with E-state index in [0.29, 0.717) is 48.6 Å². The van der Waals surface area contributed by atoms with Gasteiger partial charge in [0.1, 0.15) is 24.2 Å². The third-order valence-electron chi connectivity index (χ3n) is 12.4. The molecule has 3 atom stereocenters. The summed E-state index contributed by atoms with van der Waals surface area (Å²) < 4.78 is 75.1. The fraction of sp³-hybridized carbons (Fsp3) is 0.423. The number of imidazole rings is 1. The number of rotatable bonds is 21. The molecule has 2 aliphatic heterocycles. The van der Waals surface area contributed by atoms with E-state index < -0.39 is 31.0 Å². The topological polar surface area (TPSA) is 114 Å². The molecule has 0 radical (unpaired) electrons. The summed E-state index contributed by atoms with van der Waals surface area (Å²) in [6.07, 6.45) is 6.78. The smallest absolute Gasteiger partial charge is 0.405 e. The molecule has 3 aliphatic rings. The molecule has 2 aromatic heterocycles. The Morgan fingerprint density at radius 3 is 2.69 bits per heavy atom. The second-order valence-electron chi connectivity index (χ2n) is 17.3. The number of thioether (sulfide) groups is 1. The van der Waals surface area contributed by atoms with Gasteiger partial charge in [-0.05, 0) is 136 Å². The molecule has 1 fully saturated rings. The second kappa shape index (κ2) is 22.9. The van der Waals surface area contributed by atoms with E-state index in [4.69, 9.17) is 14.0 Å². The molecular weight excluding hydrogens is 893 g/mol. The van der Waals surface area contributed by atoms with E-state index in [2.05, 4.69) is 84.2 Å². The molecule has 3 unspecified atom stereocenters. The van der Waals surface area contributed by atoms with Crippen LogP contribution in [0.15, 0.2) is 112 Å². The molecular formula is C52H60F4N8O3S. The number of hydrogen-bond acceptors (Lipinski definition) is 11. The Labute approximate surface area is 400 Å². The number of piperidine rings is 1. The molecule has 4 heterocycles. The number of halogens is 4. The number of nitrogens with zero attached hydrogens (tertiary/aromatic N) is 4. The quantitative estimate of drug-likeness (QED) is 0.0244. The molecule has 4 N–H and O–H groups in total. The summed E-state index contributed by atoms with van der Waals surface area (Å²) in [6.45, 7) is 6.94. The minimum Gasteiger partial charge on any atom is -0.495 e. The summed E-state index contributed by atoms with van der Waals surface area (Å²) in [5, 5.41) is 17.3. The highest BCUT2D eigenvalue weighted by Gasteiger charge is 2.40. The van der Waals surface area contributed by atoms with Crippen LogP contribution >= 0.6 is 11.8 Å². The van der Waals surface area contributed by atoms with Crippen molar-refractivity contribution in [1.29, 1.82) is 0 Å². The van der Waals surface area contributed by atoms with Crippen molar-refractivity contribution in [3.63, 3.8) is 0 Å². The van der Waals surface area contributed by atoms with Crippen molar-refractivity contribution in [3.8, 4) is 28.7 Å². The molecule has 1 aliphatic carbocycles. The fourth-order valence-corrected chi connectivity index (χ4v) is 9.89. The molecule has 8 rings (SSSR count). The van der Waals surface area contributed by atoms with Crippen LogP contribution in [0.4, 0.5) is 28.9 Å². The minimum absolute atomic E-state index is 0.204. The van der Waals surface area contributed by atoms with Crippen LogP contribution in [-0.2, 0) is 11.3 Å². The lowest BCUT2D eigenvalue weighted by Gasteiger charge is -2.33. The highest BCUT2D eigenvalue weighted by Crippen LogP contribution is 2.37. The van der Waals surface area contributed by atoms with Gasteiger partial charge in [-0.25, -0.2) is 9.37 Å². The largest absolute Gasteiger partial charge is 0.495 e. The van der Waals surface area contributed by atoms with Crippen LogP contribution in [0.3, 0.4) is 0 Å². The van der Waals surface area contributed by atoms with Crippen LogP contribution in [0.1, 0.15) is 55.5 Å². The molecule has 11 nitrogen and oxygen atoms in total. The van der Waals surface area contributed by atoms with Gasteiger partial charge < -0.3 is 44.7 Å². The first-order valence-corrected chi connectivity index (χ1v) is 24.4. The lowest BCUT2D eigenvalue weighted by atomic mass is 9.96. The lowest BCUT2D eigenvalue weighted by molar-refractivity contribution is -0.143. The van der Waals surface area contributed by atoms with E-state index in [0.717, 1.165) is 101 Å². The van der Waals surface area contributed by atoms with Gasteiger partial charge in [0.2, 0.25) is 0 Å². The van der Waals surface area contributed by atoms with Gasteiger partial charge in [-0.15, -0.1) is 11.8 Å². The molecule has 5 aromatic rings. The maximum absolute atomic E-state index is 14.6. The van der Waals surface area contributed by atoms with Crippen LogP contribution in [0.25, 0.3) is 22.2 Å². The Bertz CT molecular complexity index is 2650. The summed E-state index contributed by atoms with van der Waals surface area (Å²) in [5.74, 6) is 8.41. The van der Waals surface area contributed by atoms with Crippen molar-refractivity contribution in [2.45, 2.75) is 88.2 Å². The Balaban J connectivity index is 0.722. The molecule has 68 heavy (non-hydrogen) atoms. The number of hydrogen-bond donors (Lipinski definition) is 4. The molecule has 360 valence electrons. The maximum Gasteiger partial charge on any atom is 0.405 e. The fourth-order valence-electron chi connectivity index (χ4n) is 8.95. The number of methoxy groups -OCH3 is 1. The average molecular weight is 953 g/mol. The SMILES string of the molecule is COc1cc(SCCCCOCCCCNc2cccc(Cn3cnc4ccc(-c5c(C)noc5C)cc43)c2)ccc1NCC#CC1=CC2=C(NC3CCNCC3F)C=CCC2N1CC(F)(F)F. The van der Waals surface area contributed by atoms with Crippen LogP contribution < -0.4 is 26.0 Å². The third-order valence-corrected chi connectivity index (χ3v) is 13.4. The number of fused-ring (bicyclic) bond motifs is 2. The van der Waals surface area contributed by atoms with Crippen molar-refractivity contribution in [2.75, 3.05) is 69.4 Å². The predicted molar refractivity (Wildman–Crippen MR) is 263 cm³/mol. The van der Waals surface area contributed by atoms with E-state index >= 15 is 0 Å². The average Bonchev–Trinajstić information content (AvgIpc) is 4.00. The molecule has 0 bridgehead atoms. The van der Waals surface area contributed by atoms with Gasteiger partial charge in [0, 0.05) is 60.3 Å². The first-order chi connectivity index (χ1) is 33.0. The molecule has 0 saturated carbocycles. The van der Waals surface area contributed by atoms with E-state index in [1.54, 1.807) is 24.9 Å². The van der Waals surface area contributed by atoms with Gasteiger partial charge in [-0.1, -0.05) is 35.4 Å². The highest BCUT2D eigenvalue weighted by molar-refractivity contribution is 7.99. The van der Waals surface area contributed by atoms with E-state index in [1.807, 2.05) is 56.6 Å². The van der Waals surface area contributed by atoms with Crippen molar-refractivity contribution < 1.29 is 31.6 Å². The van der Waals surface area contributed by atoms with Crippen molar-refractivity contribution in [2.24, 2.45) is 0 Å². The normalized spacial score (nSPS) is 18.1. The third kappa shape index (κ3) is 12.6. The number of unbranched alkanes of at least 4 members (excludes halogenated alkanes) is 2. The van der Waals surface area contributed by atoms with E-state index in [1.165, 1.54) is 10.5 Å². The number of allylic oxidation sites excluding steroid dienone is 2. The van der Waals surface area contributed by atoms with Gasteiger partial charge in [0.15, 0.2) is 0 Å². The summed E-state index contributed by atoms with van der Waals surface area (Å²) in [7, 11) is 1.61. The second-order valence-corrected chi connectivity index (χ2v) is 18.5. The van der Waals surface area contributed by atoms with Crippen molar-refractivity contribution in [3.05, 3.63) is 119 Å². The highest BCUT2D eigenvalue weighted by atomic mass is 32.2. The number of anilines is 2. The molecule has 3 aromatic carbocycles. The zero-order valence-corrected chi connectivity index (χ0v) is 39.7. The van der Waals surface area contributed by atoms with Gasteiger partial charge in [-0.2, -0.15) is 13.2 Å². The molecule has 0 amide bonds. The zero-order valence-electron chi connectivity index (χ0n) is 38.9. The summed E-state index contributed by atoms with van der Waals surface area (Å²) in [6, 6.07) is 19.8. The Morgan fingerprint density at radius 1 is 1.01 bits per heavy atom. The van der Waals surface area contributed by atoms with Crippen molar-refractivity contribution in [1.82, 2.24) is 30.2 Å². The van der Waals surface area contributed by atoms with Crippen LogP contribution in [0, 0.1) is 25.7 Å². The molecule has 1 saturated heterocycles.